The van der Waals surface area contributed by atoms with Crippen LogP contribution < -0.4 is 15.2 Å². The lowest BCUT2D eigenvalue weighted by Crippen LogP contribution is -2.63. The number of ether oxygens (including phenoxy) is 1. The van der Waals surface area contributed by atoms with Gasteiger partial charge >= 0.3 is 6.18 Å². The lowest BCUT2D eigenvalue weighted by molar-refractivity contribution is -0.138. The summed E-state index contributed by atoms with van der Waals surface area (Å²) in [4.78, 5) is 62.1. The molecule has 1 aromatic heterocycles. The molecule has 210 valence electrons. The van der Waals surface area contributed by atoms with Crippen molar-refractivity contribution in [1.82, 2.24) is 15.3 Å². The Hall–Kier alpha value is -3.88. The Bertz CT molecular complexity index is 1230. The van der Waals surface area contributed by atoms with Crippen molar-refractivity contribution >= 4 is 46.9 Å². The average molecular weight is 552 g/mol. The molecule has 3 atom stereocenters. The molecule has 3 aliphatic heterocycles. The minimum absolute atomic E-state index is 0.0454. The Morgan fingerprint density at radius 3 is 2.72 bits per heavy atom. The van der Waals surface area contributed by atoms with Crippen molar-refractivity contribution in [3.05, 3.63) is 17.8 Å². The number of aliphatic imine (C=N–C) groups is 1. The summed E-state index contributed by atoms with van der Waals surface area (Å²) in [6.45, 7) is 3.84. The zero-order valence-electron chi connectivity index (χ0n) is 21.6. The number of likely N-dealkylation sites (N-methyl/N-ethyl adjacent to an activating group) is 1. The number of hydrogen-bond donors (Lipinski definition) is 1. The Balaban J connectivity index is 1.31. The summed E-state index contributed by atoms with van der Waals surface area (Å²) in [5.74, 6) is -2.31. The van der Waals surface area contributed by atoms with Gasteiger partial charge in [-0.15, -0.1) is 0 Å². The van der Waals surface area contributed by atoms with Crippen LogP contribution in [0.3, 0.4) is 0 Å². The van der Waals surface area contributed by atoms with Gasteiger partial charge in [0.2, 0.25) is 5.91 Å². The lowest BCUT2D eigenvalue weighted by atomic mass is 9.97. The van der Waals surface area contributed by atoms with E-state index in [1.54, 1.807) is 11.8 Å². The van der Waals surface area contributed by atoms with E-state index in [-0.39, 0.29) is 68.2 Å². The first-order valence-corrected chi connectivity index (χ1v) is 12.3. The summed E-state index contributed by atoms with van der Waals surface area (Å²) in [6.07, 6.45) is -2.47. The van der Waals surface area contributed by atoms with Gasteiger partial charge in [-0.3, -0.25) is 24.2 Å². The van der Waals surface area contributed by atoms with E-state index in [1.807, 2.05) is 0 Å². The molecular formula is C24H28F3N7O5. The zero-order chi connectivity index (χ0) is 28.5. The molecular weight excluding hydrogens is 523 g/mol. The van der Waals surface area contributed by atoms with Gasteiger partial charge in [-0.05, 0) is 19.9 Å². The van der Waals surface area contributed by atoms with E-state index in [1.165, 1.54) is 25.1 Å². The van der Waals surface area contributed by atoms with Crippen molar-refractivity contribution in [3.8, 4) is 0 Å². The van der Waals surface area contributed by atoms with Crippen molar-refractivity contribution < 1.29 is 37.1 Å². The number of aromatic nitrogens is 1. The molecule has 1 fully saturated rings. The fraction of sp³-hybridized carbons (Fsp3) is 0.542. The fourth-order valence-electron chi connectivity index (χ4n) is 4.69. The standard InChI is InChI=1S/C24H28F3N7O5/c1-13(30-16-10-29-31-22(37)20(16)14(2)35)12-39-7-4-19(36)33-5-6-34-18(11-33)23(38)32(3)17-8-15(24(25,26)27)9-28-21(17)34/h8-10,13,18,20H,4-7,11-12H2,1-3H3,(H,31,37)/t13-,18-,20?/m0/s1. The molecule has 12 nitrogen and oxygen atoms in total. The van der Waals surface area contributed by atoms with E-state index in [0.29, 0.717) is 0 Å². The first kappa shape index (κ1) is 28.1. The number of pyridine rings is 1. The quantitative estimate of drug-likeness (QED) is 0.388. The van der Waals surface area contributed by atoms with Crippen LogP contribution in [-0.4, -0.2) is 97.3 Å². The van der Waals surface area contributed by atoms with E-state index < -0.39 is 41.6 Å². The predicted molar refractivity (Wildman–Crippen MR) is 134 cm³/mol. The molecule has 3 amide bonds. The van der Waals surface area contributed by atoms with E-state index in [0.717, 1.165) is 17.2 Å². The maximum Gasteiger partial charge on any atom is 0.417 e. The highest BCUT2D eigenvalue weighted by molar-refractivity contribution is 6.43. The van der Waals surface area contributed by atoms with Crippen molar-refractivity contribution in [1.29, 1.82) is 0 Å². The Kier molecular flexibility index (Phi) is 7.99. The molecule has 0 bridgehead atoms. The van der Waals surface area contributed by atoms with E-state index in [2.05, 4.69) is 20.5 Å². The lowest BCUT2D eigenvalue weighted by Gasteiger charge is -2.46. The van der Waals surface area contributed by atoms with Crippen LogP contribution in [0.4, 0.5) is 24.7 Å². The van der Waals surface area contributed by atoms with Crippen molar-refractivity contribution in [2.24, 2.45) is 16.0 Å². The number of rotatable bonds is 7. The third kappa shape index (κ3) is 5.92. The molecule has 0 spiro atoms. The number of amides is 3. The van der Waals surface area contributed by atoms with Gasteiger partial charge in [-0.2, -0.15) is 18.3 Å². The number of carbonyl (C=O) groups excluding carboxylic acids is 4. The molecule has 0 saturated carbocycles. The number of nitrogens with one attached hydrogen (secondary N) is 1. The third-order valence-electron chi connectivity index (χ3n) is 6.68. The number of carbonyl (C=O) groups is 4. The highest BCUT2D eigenvalue weighted by Gasteiger charge is 2.43. The van der Waals surface area contributed by atoms with Gasteiger partial charge in [0.15, 0.2) is 5.82 Å². The summed E-state index contributed by atoms with van der Waals surface area (Å²) < 4.78 is 45.0. The number of piperazine rings is 1. The van der Waals surface area contributed by atoms with E-state index in [4.69, 9.17) is 4.74 Å². The maximum atomic E-state index is 13.1. The molecule has 1 N–H and O–H groups in total. The van der Waals surface area contributed by atoms with Crippen LogP contribution >= 0.6 is 0 Å². The van der Waals surface area contributed by atoms with Crippen molar-refractivity contribution in [3.63, 3.8) is 0 Å². The SMILES string of the molecule is CC(=O)C1C(=O)NN=CC1=N[C@@H](C)COCCC(=O)N1CCN2c3ncc(C(F)(F)F)cc3N(C)C(=O)[C@@H]2C1. The second kappa shape index (κ2) is 11.1. The number of Topliss-reactive ketones (excluding diaryl/α,β-unsaturated/α-hetero) is 1. The number of ketones is 1. The van der Waals surface area contributed by atoms with Crippen LogP contribution in [0, 0.1) is 5.92 Å². The van der Waals surface area contributed by atoms with Gasteiger partial charge in [-0.25, -0.2) is 10.4 Å². The first-order valence-electron chi connectivity index (χ1n) is 12.3. The number of halogens is 3. The van der Waals surface area contributed by atoms with Crippen LogP contribution in [0.5, 0.6) is 0 Å². The zero-order valence-corrected chi connectivity index (χ0v) is 21.6. The molecule has 0 radical (unpaired) electrons. The minimum atomic E-state index is -4.59. The highest BCUT2D eigenvalue weighted by Crippen LogP contribution is 2.39. The van der Waals surface area contributed by atoms with Crippen molar-refractivity contribution in [2.45, 2.75) is 38.5 Å². The maximum absolute atomic E-state index is 13.1. The fourth-order valence-corrected chi connectivity index (χ4v) is 4.69. The molecule has 39 heavy (non-hydrogen) atoms. The molecule has 1 saturated heterocycles. The van der Waals surface area contributed by atoms with Gasteiger partial charge in [0, 0.05) is 26.3 Å². The predicted octanol–water partition coefficient (Wildman–Crippen LogP) is 0.651. The highest BCUT2D eigenvalue weighted by atomic mass is 19.4. The van der Waals surface area contributed by atoms with E-state index in [9.17, 15) is 32.3 Å². The summed E-state index contributed by atoms with van der Waals surface area (Å²) in [6, 6.07) is -0.254. The summed E-state index contributed by atoms with van der Waals surface area (Å²) >= 11 is 0. The molecule has 0 aliphatic carbocycles. The first-order chi connectivity index (χ1) is 18.4. The van der Waals surface area contributed by atoms with Crippen LogP contribution in [0.15, 0.2) is 22.4 Å². The Morgan fingerprint density at radius 1 is 1.28 bits per heavy atom. The number of alkyl halides is 3. The van der Waals surface area contributed by atoms with Crippen LogP contribution in [0.1, 0.15) is 25.8 Å². The molecule has 4 rings (SSSR count). The summed E-state index contributed by atoms with van der Waals surface area (Å²) in [5, 5.41) is 3.68. The molecule has 15 heteroatoms. The van der Waals surface area contributed by atoms with Crippen LogP contribution in [0.25, 0.3) is 0 Å². The van der Waals surface area contributed by atoms with Crippen LogP contribution in [-0.2, 0) is 30.1 Å². The average Bonchev–Trinajstić information content (AvgIpc) is 2.88. The second-order valence-corrected chi connectivity index (χ2v) is 9.52. The van der Waals surface area contributed by atoms with Crippen molar-refractivity contribution in [2.75, 3.05) is 49.7 Å². The van der Waals surface area contributed by atoms with Crippen LogP contribution in [0.2, 0.25) is 0 Å². The Labute approximate surface area is 221 Å². The van der Waals surface area contributed by atoms with Gasteiger partial charge < -0.3 is 19.4 Å². The number of anilines is 2. The minimum Gasteiger partial charge on any atom is -0.379 e. The normalized spacial score (nSPS) is 22.9. The monoisotopic (exact) mass is 551 g/mol. The number of hydrazone groups is 1. The molecule has 0 aromatic carbocycles. The van der Waals surface area contributed by atoms with Gasteiger partial charge in [-0.1, -0.05) is 0 Å². The van der Waals surface area contributed by atoms with E-state index >= 15 is 0 Å². The number of hydrogen-bond acceptors (Lipinski definition) is 9. The summed E-state index contributed by atoms with van der Waals surface area (Å²) in [5.41, 5.74) is 1.61. The molecule has 3 aliphatic rings. The van der Waals surface area contributed by atoms with Gasteiger partial charge in [0.1, 0.15) is 17.7 Å². The Morgan fingerprint density at radius 2 is 2.03 bits per heavy atom. The van der Waals surface area contributed by atoms with Gasteiger partial charge in [0.05, 0.1) is 55.4 Å². The largest absolute Gasteiger partial charge is 0.417 e. The smallest absolute Gasteiger partial charge is 0.379 e. The molecule has 4 heterocycles. The second-order valence-electron chi connectivity index (χ2n) is 9.52. The topological polar surface area (TPSA) is 137 Å². The van der Waals surface area contributed by atoms with Gasteiger partial charge in [0.25, 0.3) is 11.8 Å². The third-order valence-corrected chi connectivity index (χ3v) is 6.68. The molecule has 1 aromatic rings. The molecule has 1 unspecified atom stereocenters. The number of nitrogens with zero attached hydrogens (tertiary/aromatic N) is 6. The summed E-state index contributed by atoms with van der Waals surface area (Å²) in [7, 11) is 1.39. The number of fused-ring (bicyclic) bond motifs is 3.